The van der Waals surface area contributed by atoms with Crippen LogP contribution in [0.1, 0.15) is 26.2 Å². The number of halogens is 2. The number of fused-ring (bicyclic) bond motifs is 1. The van der Waals surface area contributed by atoms with Crippen LogP contribution < -0.4 is 18.9 Å². The van der Waals surface area contributed by atoms with Gasteiger partial charge in [-0.25, -0.2) is 4.39 Å². The van der Waals surface area contributed by atoms with Gasteiger partial charge in [0.2, 0.25) is 0 Å². The standard InChI is InChI=1S/C31H33ClFN3O3S/c1-21-6-4-13-36(20-21)14-5-15-38-31-19-27-25(18-30(31)37-2)28(11-12-34-27)39-29-10-9-23(17-26(29)33)35-40-24-8-3-7-22(32)16-24/h3,7-12,16-19,21,35H,4-6,13-15,20H2,1-2H3. The highest BCUT2D eigenvalue weighted by Crippen LogP contribution is 2.38. The summed E-state index contributed by atoms with van der Waals surface area (Å²) in [4.78, 5) is 7.92. The molecule has 0 bridgehead atoms. The number of rotatable bonds is 11. The molecule has 0 saturated carbocycles. The number of likely N-dealkylation sites (tertiary alicyclic amines) is 1. The molecular formula is C31H33ClFN3O3S. The van der Waals surface area contributed by atoms with Crippen molar-refractivity contribution in [1.29, 1.82) is 0 Å². The third-order valence-corrected chi connectivity index (χ3v) is 7.90. The Balaban J connectivity index is 1.24. The summed E-state index contributed by atoms with van der Waals surface area (Å²) < 4.78 is 35.9. The Bertz CT molecular complexity index is 1460. The molecule has 1 aliphatic heterocycles. The van der Waals surface area contributed by atoms with E-state index in [9.17, 15) is 0 Å². The highest BCUT2D eigenvalue weighted by atomic mass is 35.5. The van der Waals surface area contributed by atoms with Crippen molar-refractivity contribution in [3.05, 3.63) is 77.7 Å². The molecule has 1 fully saturated rings. The van der Waals surface area contributed by atoms with E-state index in [-0.39, 0.29) is 5.75 Å². The van der Waals surface area contributed by atoms with Gasteiger partial charge in [-0.2, -0.15) is 0 Å². The predicted molar refractivity (Wildman–Crippen MR) is 161 cm³/mol. The van der Waals surface area contributed by atoms with E-state index in [0.29, 0.717) is 45.5 Å². The molecule has 0 spiro atoms. The minimum absolute atomic E-state index is 0.108. The first kappa shape index (κ1) is 28.3. The highest BCUT2D eigenvalue weighted by Gasteiger charge is 2.17. The Hall–Kier alpha value is -3.20. The zero-order valence-corrected chi connectivity index (χ0v) is 24.2. The first-order valence-electron chi connectivity index (χ1n) is 13.5. The number of pyridine rings is 1. The first-order chi connectivity index (χ1) is 19.5. The topological polar surface area (TPSA) is 55.9 Å². The van der Waals surface area contributed by atoms with Crippen LogP contribution in [0.3, 0.4) is 0 Å². The van der Waals surface area contributed by atoms with Crippen molar-refractivity contribution in [2.24, 2.45) is 5.92 Å². The molecule has 1 aliphatic rings. The van der Waals surface area contributed by atoms with Crippen molar-refractivity contribution in [3.8, 4) is 23.0 Å². The molecule has 9 heteroatoms. The third-order valence-electron chi connectivity index (χ3n) is 6.84. The van der Waals surface area contributed by atoms with Crippen LogP contribution in [-0.2, 0) is 0 Å². The van der Waals surface area contributed by atoms with Gasteiger partial charge in [-0.05, 0) is 86.1 Å². The highest BCUT2D eigenvalue weighted by molar-refractivity contribution is 8.00. The van der Waals surface area contributed by atoms with Gasteiger partial charge in [0.25, 0.3) is 0 Å². The maximum atomic E-state index is 15.0. The van der Waals surface area contributed by atoms with E-state index in [1.165, 1.54) is 30.9 Å². The molecule has 1 unspecified atom stereocenters. The molecule has 1 saturated heterocycles. The average Bonchev–Trinajstić information content (AvgIpc) is 2.95. The summed E-state index contributed by atoms with van der Waals surface area (Å²) in [6.45, 7) is 6.25. The number of hydrogen-bond donors (Lipinski definition) is 1. The van der Waals surface area contributed by atoms with E-state index in [2.05, 4.69) is 21.5 Å². The lowest BCUT2D eigenvalue weighted by Gasteiger charge is -2.30. The van der Waals surface area contributed by atoms with Crippen molar-refractivity contribution < 1.29 is 18.6 Å². The maximum Gasteiger partial charge on any atom is 0.167 e. The predicted octanol–water partition coefficient (Wildman–Crippen LogP) is 8.45. The smallest absolute Gasteiger partial charge is 0.167 e. The Morgan fingerprint density at radius 1 is 1.07 bits per heavy atom. The number of hydrogen-bond acceptors (Lipinski definition) is 7. The van der Waals surface area contributed by atoms with Gasteiger partial charge < -0.3 is 23.8 Å². The molecule has 1 atom stereocenters. The van der Waals surface area contributed by atoms with Gasteiger partial charge >= 0.3 is 0 Å². The van der Waals surface area contributed by atoms with Crippen LogP contribution in [0.2, 0.25) is 5.02 Å². The van der Waals surface area contributed by atoms with Gasteiger partial charge in [0, 0.05) is 52.4 Å². The number of nitrogens with zero attached hydrogens (tertiary/aromatic N) is 2. The molecular weight excluding hydrogens is 549 g/mol. The zero-order chi connectivity index (χ0) is 27.9. The molecule has 5 rings (SSSR count). The minimum Gasteiger partial charge on any atom is -0.493 e. The van der Waals surface area contributed by atoms with Gasteiger partial charge in [-0.1, -0.05) is 24.6 Å². The molecule has 0 radical (unpaired) electrons. The summed E-state index contributed by atoms with van der Waals surface area (Å²) in [7, 11) is 1.60. The largest absolute Gasteiger partial charge is 0.493 e. The second-order valence-electron chi connectivity index (χ2n) is 9.99. The molecule has 1 aromatic heterocycles. The SMILES string of the molecule is COc1cc2c(Oc3ccc(NSc4cccc(Cl)c4)cc3F)ccnc2cc1OCCCN1CCCC(C)C1. The van der Waals surface area contributed by atoms with Crippen molar-refractivity contribution >= 4 is 40.1 Å². The van der Waals surface area contributed by atoms with E-state index in [4.69, 9.17) is 25.8 Å². The average molecular weight is 582 g/mol. The number of aromatic nitrogens is 1. The van der Waals surface area contributed by atoms with Crippen LogP contribution in [0.4, 0.5) is 10.1 Å². The molecule has 1 N–H and O–H groups in total. The van der Waals surface area contributed by atoms with Crippen LogP contribution in [-0.4, -0.2) is 43.2 Å². The van der Waals surface area contributed by atoms with E-state index < -0.39 is 5.82 Å². The quantitative estimate of drug-likeness (QED) is 0.141. The van der Waals surface area contributed by atoms with Gasteiger partial charge in [0.05, 0.1) is 19.2 Å². The van der Waals surface area contributed by atoms with E-state index >= 15 is 4.39 Å². The molecule has 0 amide bonds. The van der Waals surface area contributed by atoms with Crippen molar-refractivity contribution in [1.82, 2.24) is 9.88 Å². The van der Waals surface area contributed by atoms with Gasteiger partial charge in [0.1, 0.15) is 5.75 Å². The summed E-state index contributed by atoms with van der Waals surface area (Å²) in [6.07, 6.45) is 5.16. The monoisotopic (exact) mass is 581 g/mol. The van der Waals surface area contributed by atoms with Crippen molar-refractivity contribution in [3.63, 3.8) is 0 Å². The Kier molecular flexibility index (Phi) is 9.52. The van der Waals surface area contributed by atoms with Crippen LogP contribution >= 0.6 is 23.5 Å². The summed E-state index contributed by atoms with van der Waals surface area (Å²) in [5, 5.41) is 1.34. The summed E-state index contributed by atoms with van der Waals surface area (Å²) >= 11 is 7.39. The second kappa shape index (κ2) is 13.4. The first-order valence-corrected chi connectivity index (χ1v) is 14.7. The molecule has 0 aliphatic carbocycles. The Labute approximate surface area is 243 Å². The summed E-state index contributed by atoms with van der Waals surface area (Å²) in [5.41, 5.74) is 1.28. The number of methoxy groups -OCH3 is 1. The molecule has 6 nitrogen and oxygen atoms in total. The normalized spacial score (nSPS) is 15.7. The van der Waals surface area contributed by atoms with E-state index in [0.717, 1.165) is 36.9 Å². The fourth-order valence-corrected chi connectivity index (χ4v) is 5.81. The molecule has 3 aromatic carbocycles. The molecule has 2 heterocycles. The summed E-state index contributed by atoms with van der Waals surface area (Å²) in [5.74, 6) is 2.07. The van der Waals surface area contributed by atoms with Crippen molar-refractivity contribution in [2.75, 3.05) is 38.1 Å². The van der Waals surface area contributed by atoms with Gasteiger partial charge in [-0.15, -0.1) is 0 Å². The number of ether oxygens (including phenoxy) is 3. The Morgan fingerprint density at radius 2 is 1.98 bits per heavy atom. The summed E-state index contributed by atoms with van der Waals surface area (Å²) in [6, 6.07) is 17.6. The maximum absolute atomic E-state index is 15.0. The van der Waals surface area contributed by atoms with Gasteiger partial charge in [0.15, 0.2) is 23.1 Å². The number of anilines is 1. The van der Waals surface area contributed by atoms with Crippen LogP contribution in [0.15, 0.2) is 71.8 Å². The van der Waals surface area contributed by atoms with Crippen molar-refractivity contribution in [2.45, 2.75) is 31.1 Å². The molecule has 40 heavy (non-hydrogen) atoms. The lowest BCUT2D eigenvalue weighted by Crippen LogP contribution is -2.35. The second-order valence-corrected chi connectivity index (χ2v) is 11.3. The lowest BCUT2D eigenvalue weighted by molar-refractivity contribution is 0.169. The van der Waals surface area contributed by atoms with E-state index in [1.54, 1.807) is 37.6 Å². The van der Waals surface area contributed by atoms with E-state index in [1.807, 2.05) is 30.3 Å². The third kappa shape index (κ3) is 7.30. The van der Waals surface area contributed by atoms with Crippen LogP contribution in [0.25, 0.3) is 10.9 Å². The fourth-order valence-electron chi connectivity index (χ4n) is 4.86. The number of nitrogens with one attached hydrogen (secondary N) is 1. The van der Waals surface area contributed by atoms with Crippen LogP contribution in [0.5, 0.6) is 23.0 Å². The number of piperidine rings is 1. The molecule has 4 aromatic rings. The minimum atomic E-state index is -0.489. The Morgan fingerprint density at radius 3 is 2.77 bits per heavy atom. The zero-order valence-electron chi connectivity index (χ0n) is 22.7. The fraction of sp³-hybridized carbons (Fsp3) is 0.323. The number of benzene rings is 3. The van der Waals surface area contributed by atoms with Gasteiger partial charge in [-0.3, -0.25) is 4.98 Å². The van der Waals surface area contributed by atoms with Crippen LogP contribution in [0, 0.1) is 11.7 Å². The molecule has 210 valence electrons. The lowest BCUT2D eigenvalue weighted by atomic mass is 10.0.